The van der Waals surface area contributed by atoms with Crippen LogP contribution in [0.5, 0.6) is 5.75 Å². The number of hydrogen-bond donors (Lipinski definition) is 1. The molecule has 1 aromatic heterocycles. The smallest absolute Gasteiger partial charge is 0.350 e. The topological polar surface area (TPSA) is 72.8 Å². The zero-order valence-electron chi connectivity index (χ0n) is 14.6. The van der Waals surface area contributed by atoms with Crippen LogP contribution < -0.4 is 10.2 Å². The number of nitrogens with one attached hydrogen (secondary N) is 1. The van der Waals surface area contributed by atoms with Crippen LogP contribution >= 0.6 is 11.3 Å². The van der Waals surface area contributed by atoms with Gasteiger partial charge in [-0.25, -0.2) is 9.78 Å². The molecule has 0 amide bonds. The molecular formula is C18H21N3O3S. The zero-order valence-corrected chi connectivity index (χ0v) is 15.4. The number of carbonyl (C=O) groups is 1. The van der Waals surface area contributed by atoms with Gasteiger partial charge in [0, 0.05) is 5.56 Å². The zero-order chi connectivity index (χ0) is 17.8. The molecule has 0 spiro atoms. The molecule has 25 heavy (non-hydrogen) atoms. The van der Waals surface area contributed by atoms with Gasteiger partial charge in [0.25, 0.3) is 0 Å². The maximum atomic E-state index is 11.9. The lowest BCUT2D eigenvalue weighted by atomic mass is 9.90. The van der Waals surface area contributed by atoms with Crippen LogP contribution in [0.15, 0.2) is 23.3 Å². The van der Waals surface area contributed by atoms with Gasteiger partial charge in [-0.1, -0.05) is 11.3 Å². The van der Waals surface area contributed by atoms with Gasteiger partial charge in [0.1, 0.15) is 10.6 Å². The molecule has 1 N–H and O–H groups in total. The third kappa shape index (κ3) is 3.82. The van der Waals surface area contributed by atoms with Crippen LogP contribution in [0.2, 0.25) is 0 Å². The van der Waals surface area contributed by atoms with Gasteiger partial charge in [-0.2, -0.15) is 5.10 Å². The minimum Gasteiger partial charge on any atom is -0.497 e. The van der Waals surface area contributed by atoms with E-state index in [9.17, 15) is 4.79 Å². The van der Waals surface area contributed by atoms with E-state index in [0.717, 1.165) is 36.3 Å². The Hall–Kier alpha value is -2.41. The second-order valence-electron chi connectivity index (χ2n) is 5.70. The molecule has 0 radical (unpaired) electrons. The van der Waals surface area contributed by atoms with Crippen LogP contribution in [0.1, 0.15) is 46.3 Å². The van der Waals surface area contributed by atoms with Gasteiger partial charge in [0.15, 0.2) is 0 Å². The van der Waals surface area contributed by atoms with Crippen molar-refractivity contribution in [3.05, 3.63) is 39.9 Å². The first kappa shape index (κ1) is 17.4. The van der Waals surface area contributed by atoms with Crippen LogP contribution in [0.25, 0.3) is 0 Å². The molecule has 0 saturated heterocycles. The number of esters is 1. The molecule has 0 bridgehead atoms. The first-order chi connectivity index (χ1) is 12.1. The minimum absolute atomic E-state index is 0.340. The summed E-state index contributed by atoms with van der Waals surface area (Å²) < 4.78 is 10.3. The monoisotopic (exact) mass is 359 g/mol. The Kier molecular flexibility index (Phi) is 5.33. The number of nitrogens with zero attached hydrogens (tertiary/aromatic N) is 2. The highest BCUT2D eigenvalue weighted by atomic mass is 32.1. The molecule has 6 nitrogen and oxygen atoms in total. The summed E-state index contributed by atoms with van der Waals surface area (Å²) in [6, 6.07) is 6.06. The number of ether oxygens (including phenoxy) is 2. The number of thiazole rings is 1. The van der Waals surface area contributed by atoms with Crippen LogP contribution in [0, 0.1) is 6.92 Å². The Labute approximate surface area is 150 Å². The summed E-state index contributed by atoms with van der Waals surface area (Å²) in [5.41, 5.74) is 7.03. The second kappa shape index (κ2) is 7.65. The summed E-state index contributed by atoms with van der Waals surface area (Å²) in [5.74, 6) is 0.524. The van der Waals surface area contributed by atoms with E-state index in [-0.39, 0.29) is 5.97 Å². The van der Waals surface area contributed by atoms with Gasteiger partial charge < -0.3 is 9.47 Å². The van der Waals surface area contributed by atoms with Gasteiger partial charge in [0.2, 0.25) is 5.13 Å². The number of fused-ring (bicyclic) bond motifs is 1. The standard InChI is InChI=1S/C18H21N3O3S/c1-4-24-17(22)16-11(2)19-18(25-16)21-20-15-7-5-6-12-10-13(23-3)8-9-14(12)15/h8-10H,4-7H2,1-3H3,(H,19,21)/b20-15-. The molecule has 1 aromatic carbocycles. The van der Waals surface area contributed by atoms with Crippen molar-refractivity contribution in [1.29, 1.82) is 0 Å². The summed E-state index contributed by atoms with van der Waals surface area (Å²) in [4.78, 5) is 16.8. The van der Waals surface area contributed by atoms with E-state index in [1.165, 1.54) is 16.9 Å². The van der Waals surface area contributed by atoms with E-state index in [1.807, 2.05) is 12.1 Å². The maximum Gasteiger partial charge on any atom is 0.350 e. The number of aryl methyl sites for hydroxylation is 2. The number of aromatic nitrogens is 1. The average Bonchev–Trinajstić information content (AvgIpc) is 3.00. The fourth-order valence-electron chi connectivity index (χ4n) is 2.83. The largest absolute Gasteiger partial charge is 0.497 e. The first-order valence-electron chi connectivity index (χ1n) is 8.26. The molecule has 0 unspecified atom stereocenters. The van der Waals surface area contributed by atoms with E-state index < -0.39 is 0 Å². The second-order valence-corrected chi connectivity index (χ2v) is 6.70. The Bertz CT molecular complexity index is 814. The predicted molar refractivity (Wildman–Crippen MR) is 98.9 cm³/mol. The van der Waals surface area contributed by atoms with Crippen molar-refractivity contribution in [2.75, 3.05) is 19.1 Å². The summed E-state index contributed by atoms with van der Waals surface area (Å²) in [6.45, 7) is 3.93. The highest BCUT2D eigenvalue weighted by Gasteiger charge is 2.18. The number of benzene rings is 1. The molecule has 1 heterocycles. The van der Waals surface area contributed by atoms with Crippen LogP contribution in [0.3, 0.4) is 0 Å². The Balaban J connectivity index is 1.80. The van der Waals surface area contributed by atoms with E-state index in [0.29, 0.717) is 22.3 Å². The minimum atomic E-state index is -0.340. The van der Waals surface area contributed by atoms with Crippen LogP contribution in [-0.2, 0) is 11.2 Å². The maximum absolute atomic E-state index is 11.9. The quantitative estimate of drug-likeness (QED) is 0.649. The first-order valence-corrected chi connectivity index (χ1v) is 9.08. The fourth-order valence-corrected chi connectivity index (χ4v) is 3.63. The molecule has 7 heteroatoms. The van der Waals surface area contributed by atoms with Crippen molar-refractivity contribution < 1.29 is 14.3 Å². The lowest BCUT2D eigenvalue weighted by Crippen LogP contribution is -2.13. The van der Waals surface area contributed by atoms with E-state index in [1.54, 1.807) is 21.0 Å². The molecule has 0 aliphatic heterocycles. The SMILES string of the molecule is CCOC(=O)c1sc(N/N=C2/CCCc3cc(OC)ccc32)nc1C. The highest BCUT2D eigenvalue weighted by Crippen LogP contribution is 2.27. The molecule has 1 aliphatic carbocycles. The number of hydrazone groups is 1. The molecular weight excluding hydrogens is 338 g/mol. The van der Waals surface area contributed by atoms with Crippen molar-refractivity contribution in [3.63, 3.8) is 0 Å². The van der Waals surface area contributed by atoms with Crippen LogP contribution in [-0.4, -0.2) is 30.4 Å². The van der Waals surface area contributed by atoms with E-state index >= 15 is 0 Å². The molecule has 0 atom stereocenters. The third-order valence-electron chi connectivity index (χ3n) is 4.03. The van der Waals surface area contributed by atoms with Gasteiger partial charge in [-0.05, 0) is 56.9 Å². The van der Waals surface area contributed by atoms with Crippen molar-refractivity contribution in [3.8, 4) is 5.75 Å². The van der Waals surface area contributed by atoms with Crippen molar-refractivity contribution in [1.82, 2.24) is 4.98 Å². The number of methoxy groups -OCH3 is 1. The van der Waals surface area contributed by atoms with Gasteiger partial charge in [0.05, 0.1) is 25.1 Å². The normalized spacial score (nSPS) is 14.9. The molecule has 1 aliphatic rings. The van der Waals surface area contributed by atoms with Crippen molar-refractivity contribution in [2.24, 2.45) is 5.10 Å². The van der Waals surface area contributed by atoms with E-state index in [4.69, 9.17) is 9.47 Å². The lowest BCUT2D eigenvalue weighted by molar-refractivity contribution is 0.0531. The number of anilines is 1. The summed E-state index contributed by atoms with van der Waals surface area (Å²) in [7, 11) is 1.67. The summed E-state index contributed by atoms with van der Waals surface area (Å²) in [5, 5.41) is 5.12. The molecule has 132 valence electrons. The van der Waals surface area contributed by atoms with Gasteiger partial charge in [-0.15, -0.1) is 0 Å². The summed E-state index contributed by atoms with van der Waals surface area (Å²) in [6.07, 6.45) is 2.97. The average molecular weight is 359 g/mol. The summed E-state index contributed by atoms with van der Waals surface area (Å²) >= 11 is 1.26. The van der Waals surface area contributed by atoms with Crippen molar-refractivity contribution >= 4 is 28.1 Å². The third-order valence-corrected chi connectivity index (χ3v) is 5.07. The number of hydrogen-bond acceptors (Lipinski definition) is 7. The molecule has 0 saturated carbocycles. The molecule has 0 fully saturated rings. The molecule has 3 rings (SSSR count). The van der Waals surface area contributed by atoms with Crippen molar-refractivity contribution in [2.45, 2.75) is 33.1 Å². The van der Waals surface area contributed by atoms with Gasteiger partial charge in [-0.3, -0.25) is 5.43 Å². The number of rotatable bonds is 5. The fraction of sp³-hybridized carbons (Fsp3) is 0.389. The Morgan fingerprint density at radius 3 is 3.00 bits per heavy atom. The van der Waals surface area contributed by atoms with Gasteiger partial charge >= 0.3 is 5.97 Å². The molecule has 2 aromatic rings. The van der Waals surface area contributed by atoms with E-state index in [2.05, 4.69) is 21.6 Å². The number of carbonyl (C=O) groups excluding carboxylic acids is 1. The Morgan fingerprint density at radius 2 is 2.24 bits per heavy atom. The highest BCUT2D eigenvalue weighted by molar-refractivity contribution is 7.17. The predicted octanol–water partition coefficient (Wildman–Crippen LogP) is 3.79. The Morgan fingerprint density at radius 1 is 1.40 bits per heavy atom. The van der Waals surface area contributed by atoms with Crippen LogP contribution in [0.4, 0.5) is 5.13 Å². The lowest BCUT2D eigenvalue weighted by Gasteiger charge is -2.18.